The first kappa shape index (κ1) is 12.2. The molecule has 0 N–H and O–H groups in total. The van der Waals surface area contributed by atoms with Crippen LogP contribution in [0.5, 0.6) is 0 Å². The highest BCUT2D eigenvalue weighted by Gasteiger charge is 2.58. The molecule has 19 heavy (non-hydrogen) atoms. The molecule has 1 heterocycles. The molecule has 0 bridgehead atoms. The van der Waals surface area contributed by atoms with E-state index in [1.54, 1.807) is 6.92 Å². The molecule has 0 radical (unpaired) electrons. The number of para-hydroxylation sites is 1. The van der Waals surface area contributed by atoms with Crippen LogP contribution in [0.4, 0.5) is 5.69 Å². The Hall–Kier alpha value is -1.84. The zero-order valence-electron chi connectivity index (χ0n) is 11.3. The van der Waals surface area contributed by atoms with Crippen molar-refractivity contribution in [1.29, 1.82) is 0 Å². The van der Waals surface area contributed by atoms with E-state index in [0.29, 0.717) is 11.4 Å². The second-order valence-electron chi connectivity index (χ2n) is 5.55. The van der Waals surface area contributed by atoms with Crippen LogP contribution in [0.2, 0.25) is 0 Å². The Morgan fingerprint density at radius 1 is 1.21 bits per heavy atom. The summed E-state index contributed by atoms with van der Waals surface area (Å²) in [7, 11) is 0. The van der Waals surface area contributed by atoms with Gasteiger partial charge >= 0.3 is 5.91 Å². The van der Waals surface area contributed by atoms with E-state index < -0.39 is 5.41 Å². The molecular weight excluding hydrogens is 240 g/mol. The maximum absolute atomic E-state index is 12.8. The lowest BCUT2D eigenvalue weighted by atomic mass is 9.81. The summed E-state index contributed by atoms with van der Waals surface area (Å²) in [5, 5.41) is 13.7. The zero-order chi connectivity index (χ0) is 13.6. The third-order valence-electron chi connectivity index (χ3n) is 4.56. The van der Waals surface area contributed by atoms with E-state index in [4.69, 9.17) is 0 Å². The third-order valence-corrected chi connectivity index (χ3v) is 4.56. The van der Waals surface area contributed by atoms with E-state index in [1.165, 1.54) is 5.01 Å². The molecule has 3 rings (SSSR count). The van der Waals surface area contributed by atoms with Crippen molar-refractivity contribution in [2.45, 2.75) is 39.5 Å². The van der Waals surface area contributed by atoms with E-state index in [-0.39, 0.29) is 5.91 Å². The van der Waals surface area contributed by atoms with Gasteiger partial charge in [-0.3, -0.25) is 4.79 Å². The first-order valence-corrected chi connectivity index (χ1v) is 6.79. The topological polar surface area (TPSA) is 46.4 Å². The normalized spacial score (nSPS) is 21.8. The number of carbonyl (C=O) groups excluding carboxylic acids is 1. The summed E-state index contributed by atoms with van der Waals surface area (Å²) in [6, 6.07) is 7.53. The van der Waals surface area contributed by atoms with Gasteiger partial charge in [0.1, 0.15) is 11.1 Å². The van der Waals surface area contributed by atoms with Crippen LogP contribution in [-0.4, -0.2) is 16.5 Å². The molecule has 1 amide bonds. The van der Waals surface area contributed by atoms with Crippen LogP contribution in [0.25, 0.3) is 0 Å². The number of aryl methyl sites for hydroxylation is 1. The molecule has 4 nitrogen and oxygen atoms in total. The van der Waals surface area contributed by atoms with E-state index in [1.807, 2.05) is 31.2 Å². The molecule has 1 aromatic carbocycles. The predicted octanol–water partition coefficient (Wildman–Crippen LogP) is 2.79. The first-order valence-electron chi connectivity index (χ1n) is 6.79. The van der Waals surface area contributed by atoms with Crippen molar-refractivity contribution in [3.8, 4) is 0 Å². The average molecular weight is 258 g/mol. The van der Waals surface area contributed by atoms with Crippen molar-refractivity contribution in [1.82, 2.24) is 0 Å². The Morgan fingerprint density at radius 2 is 1.84 bits per heavy atom. The fraction of sp³-hybridized carbons (Fsp3) is 0.467. The predicted molar refractivity (Wildman–Crippen MR) is 73.9 cm³/mol. The number of amides is 1. The van der Waals surface area contributed by atoms with Gasteiger partial charge in [0.05, 0.1) is 0 Å². The van der Waals surface area contributed by atoms with Gasteiger partial charge in [0, 0.05) is 6.92 Å². The highest BCUT2D eigenvalue weighted by molar-refractivity contribution is 6.15. The lowest BCUT2D eigenvalue weighted by molar-refractivity contribution is -0.456. The van der Waals surface area contributed by atoms with Gasteiger partial charge in [-0.15, -0.1) is 0 Å². The lowest BCUT2D eigenvalue weighted by Crippen LogP contribution is -2.38. The van der Waals surface area contributed by atoms with Gasteiger partial charge in [-0.1, -0.05) is 40.9 Å². The second kappa shape index (κ2) is 4.08. The van der Waals surface area contributed by atoms with Crippen molar-refractivity contribution in [3.05, 3.63) is 35.0 Å². The van der Waals surface area contributed by atoms with Gasteiger partial charge < -0.3 is 5.21 Å². The van der Waals surface area contributed by atoms with Gasteiger partial charge in [0.25, 0.3) is 0 Å². The Balaban J connectivity index is 2.10. The maximum atomic E-state index is 12.8. The number of hydrazine groups is 1. The van der Waals surface area contributed by atoms with E-state index >= 15 is 0 Å². The number of hydrazone groups is 1. The van der Waals surface area contributed by atoms with Gasteiger partial charge in [-0.05, 0) is 31.4 Å². The highest BCUT2D eigenvalue weighted by atomic mass is 16.5. The molecule has 1 aliphatic carbocycles. The minimum atomic E-state index is -0.538. The minimum Gasteiger partial charge on any atom is -0.596 e. The Labute approximate surface area is 112 Å². The number of benzene rings is 1. The van der Waals surface area contributed by atoms with Crippen LogP contribution in [0.1, 0.15) is 38.2 Å². The van der Waals surface area contributed by atoms with E-state index in [9.17, 15) is 10.0 Å². The SMILES string of the molecule is CC1=[N+]([O-])N(c2ccccc2C)C(=O)C12CCCC2. The largest absolute Gasteiger partial charge is 0.596 e. The third kappa shape index (κ3) is 1.52. The minimum absolute atomic E-state index is 0.0493. The molecule has 0 aromatic heterocycles. The first-order chi connectivity index (χ1) is 9.08. The van der Waals surface area contributed by atoms with Crippen molar-refractivity contribution in [2.24, 2.45) is 5.41 Å². The molecule has 1 spiro atoms. The highest BCUT2D eigenvalue weighted by Crippen LogP contribution is 2.45. The average Bonchev–Trinajstić information content (AvgIpc) is 2.95. The monoisotopic (exact) mass is 258 g/mol. The van der Waals surface area contributed by atoms with E-state index in [2.05, 4.69) is 0 Å². The zero-order valence-corrected chi connectivity index (χ0v) is 11.3. The van der Waals surface area contributed by atoms with Gasteiger partial charge in [0.2, 0.25) is 5.71 Å². The molecule has 0 unspecified atom stereocenters. The van der Waals surface area contributed by atoms with Crippen LogP contribution in [0.3, 0.4) is 0 Å². The summed E-state index contributed by atoms with van der Waals surface area (Å²) in [4.78, 5) is 13.6. The molecule has 1 fully saturated rings. The molecule has 2 aliphatic rings. The fourth-order valence-electron chi connectivity index (χ4n) is 3.34. The summed E-state index contributed by atoms with van der Waals surface area (Å²) in [6.45, 7) is 3.72. The summed E-state index contributed by atoms with van der Waals surface area (Å²) in [5.74, 6) is -0.0493. The molecule has 100 valence electrons. The summed E-state index contributed by atoms with van der Waals surface area (Å²) < 4.78 is 0. The second-order valence-corrected chi connectivity index (χ2v) is 5.55. The molecule has 1 saturated carbocycles. The number of hydrogen-bond donors (Lipinski definition) is 0. The Morgan fingerprint density at radius 3 is 2.47 bits per heavy atom. The van der Waals surface area contributed by atoms with Crippen LogP contribution in [0, 0.1) is 17.5 Å². The van der Waals surface area contributed by atoms with Crippen molar-refractivity contribution in [2.75, 3.05) is 5.01 Å². The van der Waals surface area contributed by atoms with Crippen LogP contribution in [-0.2, 0) is 4.79 Å². The Bertz CT molecular complexity index is 571. The summed E-state index contributed by atoms with van der Waals surface area (Å²) >= 11 is 0. The van der Waals surface area contributed by atoms with Crippen molar-refractivity contribution < 1.29 is 9.64 Å². The quantitative estimate of drug-likeness (QED) is 0.574. The van der Waals surface area contributed by atoms with E-state index in [0.717, 1.165) is 36.1 Å². The van der Waals surface area contributed by atoms with Crippen LogP contribution < -0.4 is 5.01 Å². The maximum Gasteiger partial charge on any atom is 0.301 e. The van der Waals surface area contributed by atoms with Crippen molar-refractivity contribution >= 4 is 17.3 Å². The van der Waals surface area contributed by atoms with Gasteiger partial charge in [0.15, 0.2) is 0 Å². The molecular formula is C15H18N2O2. The summed E-state index contributed by atoms with van der Waals surface area (Å²) in [6.07, 6.45) is 3.66. The number of anilines is 1. The van der Waals surface area contributed by atoms with Crippen molar-refractivity contribution in [3.63, 3.8) is 0 Å². The van der Waals surface area contributed by atoms with Crippen LogP contribution in [0.15, 0.2) is 24.3 Å². The molecule has 1 aromatic rings. The molecule has 1 aliphatic heterocycles. The fourth-order valence-corrected chi connectivity index (χ4v) is 3.34. The van der Waals surface area contributed by atoms with Gasteiger partial charge in [-0.25, -0.2) is 0 Å². The number of nitrogens with zero attached hydrogens (tertiary/aromatic N) is 2. The number of carbonyl (C=O) groups is 1. The number of rotatable bonds is 1. The smallest absolute Gasteiger partial charge is 0.301 e. The standard InChI is InChI=1S/C15H18N2O2/c1-11-7-3-4-8-13(11)16-14(18)15(9-5-6-10-15)12(2)17(16)19/h3-4,7-8H,5-6,9-10H2,1-2H3. The Kier molecular flexibility index (Phi) is 2.62. The molecule has 0 saturated heterocycles. The number of hydrogen-bond acceptors (Lipinski definition) is 2. The summed E-state index contributed by atoms with van der Waals surface area (Å²) in [5.41, 5.74) is 1.76. The van der Waals surface area contributed by atoms with Crippen LogP contribution >= 0.6 is 0 Å². The molecule has 0 atom stereocenters. The molecule has 4 heteroatoms. The van der Waals surface area contributed by atoms with Gasteiger partial charge in [-0.2, -0.15) is 0 Å². The lowest BCUT2D eigenvalue weighted by Gasteiger charge is -2.19.